The van der Waals surface area contributed by atoms with Crippen LogP contribution in [0.25, 0.3) is 10.9 Å². The van der Waals surface area contributed by atoms with Crippen LogP contribution in [0.5, 0.6) is 0 Å². The number of rotatable bonds is 3. The van der Waals surface area contributed by atoms with Gasteiger partial charge in [0.1, 0.15) is 10.3 Å². The molecule has 0 bridgehead atoms. The molecule has 2 aromatic heterocycles. The Balaban J connectivity index is 1.68. The summed E-state index contributed by atoms with van der Waals surface area (Å²) in [7, 11) is -3.45. The quantitative estimate of drug-likeness (QED) is 0.723. The highest BCUT2D eigenvalue weighted by Crippen LogP contribution is 2.19. The molecular formula is C16H14N4O2S. The summed E-state index contributed by atoms with van der Waals surface area (Å²) in [6.45, 7) is 0. The Hall–Kier alpha value is -2.51. The number of H-pyrrole nitrogens is 1. The van der Waals surface area contributed by atoms with Crippen molar-refractivity contribution in [3.8, 4) is 0 Å². The second-order valence-corrected chi connectivity index (χ2v) is 6.93. The molecule has 1 unspecified atom stereocenters. The fraction of sp³-hybridized carbons (Fsp3) is 0.125. The van der Waals surface area contributed by atoms with Crippen molar-refractivity contribution in [2.24, 2.45) is 9.39 Å². The molecule has 4 rings (SSSR count). The van der Waals surface area contributed by atoms with E-state index in [9.17, 15) is 8.76 Å². The number of aromatic amines is 1. The second-order valence-electron chi connectivity index (χ2n) is 5.32. The van der Waals surface area contributed by atoms with E-state index in [0.717, 1.165) is 16.5 Å². The Kier molecular flexibility index (Phi) is 3.24. The van der Waals surface area contributed by atoms with E-state index in [1.54, 1.807) is 12.3 Å². The van der Waals surface area contributed by atoms with Gasteiger partial charge in [-0.2, -0.15) is 4.40 Å². The van der Waals surface area contributed by atoms with Gasteiger partial charge < -0.3 is 4.98 Å². The number of benzene rings is 1. The van der Waals surface area contributed by atoms with Crippen LogP contribution in [-0.2, 0) is 16.4 Å². The van der Waals surface area contributed by atoms with E-state index in [1.807, 2.05) is 24.4 Å². The Bertz CT molecular complexity index is 1140. The molecule has 0 amide bonds. The summed E-state index contributed by atoms with van der Waals surface area (Å²) in [6, 6.07) is 9.68. The van der Waals surface area contributed by atoms with E-state index in [1.165, 1.54) is 6.20 Å². The van der Waals surface area contributed by atoms with Crippen molar-refractivity contribution >= 4 is 26.7 Å². The van der Waals surface area contributed by atoms with Gasteiger partial charge in [0.25, 0.3) is 0 Å². The maximum atomic E-state index is 12.3. The number of nitrogens with zero attached hydrogens (tertiary/aromatic N) is 3. The van der Waals surface area contributed by atoms with Gasteiger partial charge in [-0.3, -0.25) is 9.54 Å². The number of amidine groups is 1. The number of para-hydroxylation sites is 1. The molecule has 116 valence electrons. The number of nitrogens with one attached hydrogen (secondary N) is 1. The molecule has 3 heterocycles. The normalized spacial score (nSPS) is 20.0. The summed E-state index contributed by atoms with van der Waals surface area (Å²) < 4.78 is 26.4. The minimum Gasteiger partial charge on any atom is -0.361 e. The van der Waals surface area contributed by atoms with Crippen molar-refractivity contribution in [2.75, 3.05) is 0 Å². The molecule has 1 atom stereocenters. The van der Waals surface area contributed by atoms with Crippen LogP contribution < -0.4 is 5.36 Å². The van der Waals surface area contributed by atoms with Crippen LogP contribution in [0, 0.1) is 4.51 Å². The van der Waals surface area contributed by atoms with Crippen molar-refractivity contribution in [3.63, 3.8) is 0 Å². The van der Waals surface area contributed by atoms with Gasteiger partial charge in [0.05, 0.1) is 5.36 Å². The maximum absolute atomic E-state index is 12.3. The predicted octanol–water partition coefficient (Wildman–Crippen LogP) is 2.15. The first-order chi connectivity index (χ1) is 11.1. The molecule has 3 aromatic rings. The van der Waals surface area contributed by atoms with Gasteiger partial charge in [-0.15, -0.1) is 0 Å². The number of pyridine rings is 1. The lowest BCUT2D eigenvalue weighted by Gasteiger charge is -2.07. The Morgan fingerprint density at radius 1 is 1.17 bits per heavy atom. The van der Waals surface area contributed by atoms with Gasteiger partial charge >= 0.3 is 0 Å². The molecule has 23 heavy (non-hydrogen) atoms. The van der Waals surface area contributed by atoms with Crippen molar-refractivity contribution in [2.45, 2.75) is 12.8 Å². The highest BCUT2D eigenvalue weighted by molar-refractivity contribution is 7.88. The van der Waals surface area contributed by atoms with Crippen LogP contribution in [0.15, 0.2) is 58.3 Å². The molecule has 0 saturated carbocycles. The van der Waals surface area contributed by atoms with Gasteiger partial charge in [0, 0.05) is 35.9 Å². The Morgan fingerprint density at radius 2 is 2.04 bits per heavy atom. The zero-order valence-electron chi connectivity index (χ0n) is 12.1. The first-order valence-electron chi connectivity index (χ1n) is 7.20. The van der Waals surface area contributed by atoms with E-state index in [0.29, 0.717) is 24.0 Å². The fourth-order valence-electron chi connectivity index (χ4n) is 2.71. The summed E-state index contributed by atoms with van der Waals surface area (Å²) in [5.41, 5.74) is 2.22. The highest BCUT2D eigenvalue weighted by atomic mass is 32.2. The van der Waals surface area contributed by atoms with Crippen LogP contribution in [0.1, 0.15) is 12.0 Å². The summed E-state index contributed by atoms with van der Waals surface area (Å²) in [5.74, 6) is 0.390. The van der Waals surface area contributed by atoms with Crippen LogP contribution in [0.4, 0.5) is 0 Å². The molecule has 0 spiro atoms. The van der Waals surface area contributed by atoms with Gasteiger partial charge in [-0.25, -0.2) is 9.20 Å². The summed E-state index contributed by atoms with van der Waals surface area (Å²) in [5, 5.41) is 1.62. The number of aryl methyl sites for hydroxylation is 1. The molecule has 0 aliphatic carbocycles. The van der Waals surface area contributed by atoms with Crippen LogP contribution in [-0.4, -0.2) is 24.6 Å². The third kappa shape index (κ3) is 2.54. The lowest BCUT2D eigenvalue weighted by atomic mass is 10.1. The molecule has 2 N–H and O–H groups in total. The molecular weight excluding hydrogens is 312 g/mol. The van der Waals surface area contributed by atoms with Gasteiger partial charge in [-0.05, 0) is 24.1 Å². The first kappa shape index (κ1) is 14.1. The van der Waals surface area contributed by atoms with Gasteiger partial charge in [0.15, 0.2) is 0 Å². The number of aromatic nitrogens is 2. The molecule has 1 aliphatic heterocycles. The standard InChI is InChI=1S/C16H14N4O2S/c21-23(22)15-10-17-8-7-14(15)19-16(20-23)6-5-11-9-18-13-4-2-1-3-12(11)13/h1-4,7-10,18H,5-6H2,(H,19,20,21,22). The largest absolute Gasteiger partial charge is 0.361 e. The minimum absolute atomic E-state index is 0.177. The van der Waals surface area contributed by atoms with Crippen LogP contribution in [0.3, 0.4) is 0 Å². The molecule has 0 saturated heterocycles. The summed E-state index contributed by atoms with van der Waals surface area (Å²) in [4.78, 5) is 11.5. The summed E-state index contributed by atoms with van der Waals surface area (Å²) >= 11 is 0. The van der Waals surface area contributed by atoms with E-state index in [-0.39, 0.29) is 4.51 Å². The zero-order chi connectivity index (χ0) is 15.9. The maximum Gasteiger partial charge on any atom is 0.200 e. The van der Waals surface area contributed by atoms with E-state index in [4.69, 9.17) is 0 Å². The van der Waals surface area contributed by atoms with Crippen LogP contribution in [0.2, 0.25) is 0 Å². The molecule has 1 aromatic carbocycles. The lowest BCUT2D eigenvalue weighted by Crippen LogP contribution is -2.19. The Morgan fingerprint density at radius 3 is 2.96 bits per heavy atom. The number of fused-ring (bicyclic) bond motifs is 2. The van der Waals surface area contributed by atoms with E-state index >= 15 is 0 Å². The van der Waals surface area contributed by atoms with E-state index < -0.39 is 9.99 Å². The van der Waals surface area contributed by atoms with Crippen molar-refractivity contribution in [3.05, 3.63) is 64.4 Å². The van der Waals surface area contributed by atoms with Gasteiger partial charge in [0.2, 0.25) is 9.99 Å². The van der Waals surface area contributed by atoms with Crippen LogP contribution >= 0.6 is 0 Å². The number of hydrogen-bond donors (Lipinski definition) is 2. The highest BCUT2D eigenvalue weighted by Gasteiger charge is 2.13. The molecule has 6 nitrogen and oxygen atoms in total. The second kappa shape index (κ2) is 5.29. The zero-order valence-corrected chi connectivity index (χ0v) is 13.0. The smallest absolute Gasteiger partial charge is 0.200 e. The van der Waals surface area contributed by atoms with Crippen molar-refractivity contribution < 1.29 is 8.76 Å². The summed E-state index contributed by atoms with van der Waals surface area (Å²) in [6.07, 6.45) is 6.06. The molecule has 7 heteroatoms. The average molecular weight is 326 g/mol. The average Bonchev–Trinajstić information content (AvgIpc) is 2.96. The minimum atomic E-state index is -3.45. The Labute approximate surface area is 132 Å². The number of hydrogen-bond acceptors (Lipinski definition) is 3. The third-order valence-electron chi connectivity index (χ3n) is 3.82. The SMILES string of the molecule is O=S1(O)=c2cnccc2=NC(CCc2c[nH]c3ccccc23)=N1. The van der Waals surface area contributed by atoms with Crippen molar-refractivity contribution in [1.29, 1.82) is 0 Å². The molecule has 0 fully saturated rings. The first-order valence-corrected chi connectivity index (χ1v) is 8.67. The predicted molar refractivity (Wildman–Crippen MR) is 89.1 cm³/mol. The van der Waals surface area contributed by atoms with Crippen molar-refractivity contribution in [1.82, 2.24) is 9.97 Å². The van der Waals surface area contributed by atoms with Gasteiger partial charge in [-0.1, -0.05) is 18.2 Å². The molecule has 0 radical (unpaired) electrons. The lowest BCUT2D eigenvalue weighted by molar-refractivity contribution is 0.556. The van der Waals surface area contributed by atoms with E-state index in [2.05, 4.69) is 25.4 Å². The fourth-order valence-corrected chi connectivity index (χ4v) is 3.81. The topological polar surface area (TPSA) is 90.7 Å². The molecule has 1 aliphatic rings. The third-order valence-corrected chi connectivity index (χ3v) is 5.17. The monoisotopic (exact) mass is 326 g/mol.